The van der Waals surface area contributed by atoms with E-state index < -0.39 is 12.5 Å². The van der Waals surface area contributed by atoms with Crippen LogP contribution >= 0.6 is 0 Å². The number of amides is 2. The maximum Gasteiger partial charge on any atom is 0.218 e. The van der Waals surface area contributed by atoms with Crippen LogP contribution in [0.2, 0.25) is 0 Å². The summed E-state index contributed by atoms with van der Waals surface area (Å²) in [7, 11) is 0. The van der Waals surface area contributed by atoms with Crippen LogP contribution in [0.5, 0.6) is 0 Å². The summed E-state index contributed by atoms with van der Waals surface area (Å²) in [6.45, 7) is 7.17. The van der Waals surface area contributed by atoms with Crippen molar-refractivity contribution in [2.75, 3.05) is 13.2 Å². The fraction of sp³-hybridized carbons (Fsp3) is 0.800. The van der Waals surface area contributed by atoms with Crippen LogP contribution in [0.25, 0.3) is 0 Å². The van der Waals surface area contributed by atoms with Gasteiger partial charge >= 0.3 is 0 Å². The molecule has 0 saturated heterocycles. The Balaban J connectivity index is 4.49. The predicted molar refractivity (Wildman–Crippen MR) is 58.5 cm³/mol. The zero-order chi connectivity index (χ0) is 12.6. The van der Waals surface area contributed by atoms with Gasteiger partial charge in [0.25, 0.3) is 0 Å². The van der Waals surface area contributed by atoms with Crippen LogP contribution in [0.1, 0.15) is 27.7 Å². The Morgan fingerprint density at radius 1 is 0.938 bits per heavy atom. The Morgan fingerprint density at radius 3 is 1.44 bits per heavy atom. The SMILES string of the molecule is CCOC(NC(C)=O)C(NC(C)=O)OCC. The smallest absolute Gasteiger partial charge is 0.218 e. The maximum absolute atomic E-state index is 11.0. The fourth-order valence-corrected chi connectivity index (χ4v) is 1.17. The summed E-state index contributed by atoms with van der Waals surface area (Å²) in [5, 5.41) is 5.14. The lowest BCUT2D eigenvalue weighted by Gasteiger charge is -2.27. The van der Waals surface area contributed by atoms with Crippen molar-refractivity contribution < 1.29 is 19.1 Å². The van der Waals surface area contributed by atoms with E-state index >= 15 is 0 Å². The lowest BCUT2D eigenvalue weighted by molar-refractivity contribution is -0.141. The lowest BCUT2D eigenvalue weighted by Crippen LogP contribution is -2.53. The molecule has 0 aromatic rings. The molecule has 2 unspecified atom stereocenters. The molecule has 0 rings (SSSR count). The molecule has 0 fully saturated rings. The van der Waals surface area contributed by atoms with Gasteiger partial charge in [-0.2, -0.15) is 0 Å². The van der Waals surface area contributed by atoms with Crippen LogP contribution in [0.4, 0.5) is 0 Å². The van der Waals surface area contributed by atoms with Gasteiger partial charge in [0.1, 0.15) is 0 Å². The van der Waals surface area contributed by atoms with Crippen molar-refractivity contribution in [3.8, 4) is 0 Å². The van der Waals surface area contributed by atoms with Crippen molar-refractivity contribution >= 4 is 11.8 Å². The average molecular weight is 232 g/mol. The minimum absolute atomic E-state index is 0.242. The van der Waals surface area contributed by atoms with Gasteiger partial charge in [-0.25, -0.2) is 0 Å². The van der Waals surface area contributed by atoms with Crippen molar-refractivity contribution in [1.82, 2.24) is 10.6 Å². The van der Waals surface area contributed by atoms with Crippen LogP contribution in [0, 0.1) is 0 Å². The summed E-state index contributed by atoms with van der Waals surface area (Å²) in [6, 6.07) is 0. The van der Waals surface area contributed by atoms with Crippen LogP contribution in [-0.2, 0) is 19.1 Å². The van der Waals surface area contributed by atoms with Crippen LogP contribution in [-0.4, -0.2) is 37.5 Å². The Morgan fingerprint density at radius 2 is 1.25 bits per heavy atom. The molecule has 94 valence electrons. The average Bonchev–Trinajstić information content (AvgIpc) is 2.15. The standard InChI is InChI=1S/C10H20N2O4/c1-5-15-9(11-7(3)13)10(16-6-2)12-8(4)14/h9-10H,5-6H2,1-4H3,(H,11,13)(H,12,14). The first kappa shape index (κ1) is 14.9. The largest absolute Gasteiger partial charge is 0.354 e. The van der Waals surface area contributed by atoms with E-state index in [4.69, 9.17) is 9.47 Å². The highest BCUT2D eigenvalue weighted by atomic mass is 16.6. The monoisotopic (exact) mass is 232 g/mol. The van der Waals surface area contributed by atoms with Crippen molar-refractivity contribution in [2.45, 2.75) is 40.2 Å². The molecule has 0 aliphatic carbocycles. The van der Waals surface area contributed by atoms with Crippen molar-refractivity contribution in [1.29, 1.82) is 0 Å². The second-order valence-corrected chi connectivity index (χ2v) is 3.15. The second-order valence-electron chi connectivity index (χ2n) is 3.15. The van der Waals surface area contributed by atoms with E-state index in [2.05, 4.69) is 10.6 Å². The Labute approximate surface area is 95.7 Å². The minimum atomic E-state index is -0.675. The molecule has 0 aromatic carbocycles. The van der Waals surface area contributed by atoms with E-state index in [1.807, 2.05) is 0 Å². The quantitative estimate of drug-likeness (QED) is 0.605. The summed E-state index contributed by atoms with van der Waals surface area (Å²) in [5.74, 6) is -0.484. The third-order valence-corrected chi connectivity index (χ3v) is 1.66. The number of rotatable bonds is 7. The Kier molecular flexibility index (Phi) is 7.49. The molecule has 0 saturated carbocycles. The summed E-state index contributed by atoms with van der Waals surface area (Å²) in [5.41, 5.74) is 0. The van der Waals surface area contributed by atoms with E-state index in [9.17, 15) is 9.59 Å². The van der Waals surface area contributed by atoms with Crippen LogP contribution in [0.3, 0.4) is 0 Å². The summed E-state index contributed by atoms with van der Waals surface area (Å²) < 4.78 is 10.6. The third kappa shape index (κ3) is 6.36. The maximum atomic E-state index is 11.0. The van der Waals surface area contributed by atoms with Crippen LogP contribution in [0.15, 0.2) is 0 Å². The van der Waals surface area contributed by atoms with Gasteiger partial charge < -0.3 is 20.1 Å². The van der Waals surface area contributed by atoms with Crippen molar-refractivity contribution in [3.63, 3.8) is 0 Å². The molecule has 2 N–H and O–H groups in total. The molecule has 0 aliphatic heterocycles. The topological polar surface area (TPSA) is 76.7 Å². The summed E-state index contributed by atoms with van der Waals surface area (Å²) >= 11 is 0. The van der Waals surface area contributed by atoms with E-state index in [0.717, 1.165) is 0 Å². The molecule has 2 amide bonds. The van der Waals surface area contributed by atoms with E-state index in [1.54, 1.807) is 13.8 Å². The fourth-order valence-electron chi connectivity index (χ4n) is 1.17. The van der Waals surface area contributed by atoms with Gasteiger partial charge in [-0.3, -0.25) is 9.59 Å². The number of carbonyl (C=O) groups is 2. The first-order valence-electron chi connectivity index (χ1n) is 5.28. The molecule has 16 heavy (non-hydrogen) atoms. The van der Waals surface area contributed by atoms with Gasteiger partial charge in [-0.05, 0) is 13.8 Å². The van der Waals surface area contributed by atoms with E-state index in [-0.39, 0.29) is 11.8 Å². The highest BCUT2D eigenvalue weighted by molar-refractivity contribution is 5.74. The first-order chi connectivity index (χ1) is 7.51. The molecule has 0 heterocycles. The van der Waals surface area contributed by atoms with Crippen LogP contribution < -0.4 is 10.6 Å². The zero-order valence-electron chi connectivity index (χ0n) is 10.2. The van der Waals surface area contributed by atoms with Gasteiger partial charge in [0.05, 0.1) is 0 Å². The van der Waals surface area contributed by atoms with Gasteiger partial charge in [0.2, 0.25) is 11.8 Å². The highest BCUT2D eigenvalue weighted by Crippen LogP contribution is 1.99. The van der Waals surface area contributed by atoms with Crippen molar-refractivity contribution in [2.24, 2.45) is 0 Å². The molecule has 0 aromatic heterocycles. The van der Waals surface area contributed by atoms with Gasteiger partial charge in [0.15, 0.2) is 12.5 Å². The molecule has 0 bridgehead atoms. The first-order valence-corrected chi connectivity index (χ1v) is 5.28. The molecule has 6 nitrogen and oxygen atoms in total. The summed E-state index contributed by atoms with van der Waals surface area (Å²) in [4.78, 5) is 21.9. The Bertz CT molecular complexity index is 209. The molecule has 0 radical (unpaired) electrons. The van der Waals surface area contributed by atoms with Gasteiger partial charge in [0, 0.05) is 27.1 Å². The number of ether oxygens (including phenoxy) is 2. The van der Waals surface area contributed by atoms with Crippen molar-refractivity contribution in [3.05, 3.63) is 0 Å². The highest BCUT2D eigenvalue weighted by Gasteiger charge is 2.23. The van der Waals surface area contributed by atoms with E-state index in [0.29, 0.717) is 13.2 Å². The van der Waals surface area contributed by atoms with E-state index in [1.165, 1.54) is 13.8 Å². The lowest BCUT2D eigenvalue weighted by atomic mass is 10.4. The predicted octanol–water partition coefficient (Wildman–Crippen LogP) is -0.0162. The zero-order valence-corrected chi connectivity index (χ0v) is 10.2. The number of hydrogen-bond donors (Lipinski definition) is 2. The third-order valence-electron chi connectivity index (χ3n) is 1.66. The molecular formula is C10H20N2O4. The molecule has 2 atom stereocenters. The second kappa shape index (κ2) is 8.06. The molecule has 6 heteroatoms. The Hall–Kier alpha value is -1.14. The van der Waals surface area contributed by atoms with Gasteiger partial charge in [-0.1, -0.05) is 0 Å². The molecular weight excluding hydrogens is 212 g/mol. The molecule has 0 aliphatic rings. The number of carbonyl (C=O) groups excluding carboxylic acids is 2. The number of hydrogen-bond acceptors (Lipinski definition) is 4. The number of nitrogens with one attached hydrogen (secondary N) is 2. The molecule has 0 spiro atoms. The minimum Gasteiger partial charge on any atom is -0.354 e. The van der Waals surface area contributed by atoms with Gasteiger partial charge in [-0.15, -0.1) is 0 Å². The summed E-state index contributed by atoms with van der Waals surface area (Å²) in [6.07, 6.45) is -1.35. The normalized spacial score (nSPS) is 14.0.